The molecule has 0 radical (unpaired) electrons. The second-order valence-electron chi connectivity index (χ2n) is 19.6. The third-order valence-corrected chi connectivity index (χ3v) is 17.3. The molecule has 0 bridgehead atoms. The number of nitrogens with zero attached hydrogens (tertiary/aromatic N) is 1. The Bertz CT molecular complexity index is 984. The minimum atomic E-state index is -3.74. The van der Waals surface area contributed by atoms with Crippen molar-refractivity contribution < 1.29 is 21.9 Å². The molecular weight excluding hydrogens is 699 g/mol. The molecule has 1 heterocycles. The van der Waals surface area contributed by atoms with Crippen molar-refractivity contribution in [3.8, 4) is 0 Å². The molecule has 8 heteroatoms. The zero-order valence-electron chi connectivity index (χ0n) is 37.7. The van der Waals surface area contributed by atoms with E-state index in [0.29, 0.717) is 29.0 Å². The van der Waals surface area contributed by atoms with Gasteiger partial charge in [0.05, 0.1) is 25.4 Å². The van der Waals surface area contributed by atoms with E-state index in [1.807, 2.05) is 13.1 Å². The fraction of sp³-hybridized carbons (Fsp3) is 0.978. The van der Waals surface area contributed by atoms with Gasteiger partial charge in [0, 0.05) is 17.4 Å². The lowest BCUT2D eigenvalue weighted by Gasteiger charge is -2.38. The minimum absolute atomic E-state index is 0.00926. The van der Waals surface area contributed by atoms with Crippen LogP contribution in [0.4, 0.5) is 0 Å². The van der Waals surface area contributed by atoms with Gasteiger partial charge in [0.1, 0.15) is 0 Å². The average Bonchev–Trinajstić information content (AvgIpc) is 3.15. The molecule has 7 aliphatic rings. The lowest BCUT2D eigenvalue weighted by Crippen LogP contribution is -2.41. The predicted molar refractivity (Wildman–Crippen MR) is 232 cm³/mol. The topological polar surface area (TPSA) is 85.2 Å². The molecule has 6 fully saturated rings. The molecular formula is C45H89NO5S2. The van der Waals surface area contributed by atoms with Crippen LogP contribution in [0.3, 0.4) is 0 Å². The first-order valence-corrected chi connectivity index (χ1v) is 23.6. The summed E-state index contributed by atoms with van der Waals surface area (Å²) in [5, 5.41) is 9.59. The maximum atomic E-state index is 10.8. The molecule has 6 nitrogen and oxygen atoms in total. The SMILES string of the molecule is CC1C=NC1C.CC1CC(C)C1C.CC1CC(C)C1C.CC1CC(C)C1C.CC1CC(O)C1C.CC1CC(S)C1C.COS(=O)(=O)OC1CC(C)C1C. The van der Waals surface area contributed by atoms with Crippen molar-refractivity contribution in [2.24, 2.45) is 99.7 Å². The van der Waals surface area contributed by atoms with Gasteiger partial charge >= 0.3 is 10.4 Å². The van der Waals surface area contributed by atoms with Gasteiger partial charge < -0.3 is 5.11 Å². The fourth-order valence-corrected chi connectivity index (χ4v) is 9.11. The van der Waals surface area contributed by atoms with Crippen LogP contribution < -0.4 is 0 Å². The van der Waals surface area contributed by atoms with Gasteiger partial charge in [0.15, 0.2) is 0 Å². The van der Waals surface area contributed by atoms with Crippen LogP contribution in [0.2, 0.25) is 0 Å². The van der Waals surface area contributed by atoms with Crippen LogP contribution in [0.15, 0.2) is 4.99 Å². The lowest BCUT2D eigenvalue weighted by molar-refractivity contribution is -0.0143. The Labute approximate surface area is 336 Å². The molecule has 6 aliphatic carbocycles. The molecule has 53 heavy (non-hydrogen) atoms. The number of aliphatic hydroxyl groups is 1. The number of hydrogen-bond acceptors (Lipinski definition) is 7. The van der Waals surface area contributed by atoms with E-state index < -0.39 is 10.4 Å². The quantitative estimate of drug-likeness (QED) is 0.278. The summed E-state index contributed by atoms with van der Waals surface area (Å²) in [5.74, 6) is 13.8. The van der Waals surface area contributed by atoms with Crippen molar-refractivity contribution >= 4 is 29.2 Å². The molecule has 0 aromatic carbocycles. The first-order valence-electron chi connectivity index (χ1n) is 21.7. The number of thiol groups is 1. The zero-order chi connectivity index (χ0) is 41.1. The molecule has 17 unspecified atom stereocenters. The third-order valence-electron chi connectivity index (χ3n) is 15.7. The molecule has 7 rings (SSSR count). The highest BCUT2D eigenvalue weighted by molar-refractivity contribution is 7.81. The van der Waals surface area contributed by atoms with E-state index in [4.69, 9.17) is 9.29 Å². The Balaban J connectivity index is 0.000000313. The van der Waals surface area contributed by atoms with E-state index in [-0.39, 0.29) is 12.2 Å². The van der Waals surface area contributed by atoms with Crippen molar-refractivity contribution in [3.05, 3.63) is 0 Å². The van der Waals surface area contributed by atoms with Crippen molar-refractivity contribution in [1.82, 2.24) is 0 Å². The molecule has 0 amide bonds. The van der Waals surface area contributed by atoms with Gasteiger partial charge in [-0.2, -0.15) is 21.0 Å². The van der Waals surface area contributed by atoms with Crippen LogP contribution in [0.1, 0.15) is 156 Å². The summed E-state index contributed by atoms with van der Waals surface area (Å²) in [7, 11) is -2.64. The first kappa shape index (κ1) is 50.9. The van der Waals surface area contributed by atoms with Gasteiger partial charge in [-0.05, 0) is 134 Å². The summed E-state index contributed by atoms with van der Waals surface area (Å²) < 4.78 is 30.6. The summed E-state index contributed by atoms with van der Waals surface area (Å²) in [5.41, 5.74) is 0. The standard InChI is InChI=1S/C7H14O4S.3C7H14.C6H12O.C6H12S.C5H9N/c1-5-4-7(6(5)2)11-12(8,9)10-3;3*1-5-4-6(2)7(5)3;2*1-4-3-6(7)5(4)2;1-4-3-6-5(4)2/h5-7H,4H2,1-3H3;3*5-7H,4H2,1-3H3;2*4-7H,3H2,1-2H3;3-5H,1-2H3. The van der Waals surface area contributed by atoms with Crippen LogP contribution in [0, 0.1) is 94.7 Å². The van der Waals surface area contributed by atoms with Crippen molar-refractivity contribution in [2.75, 3.05) is 7.11 Å². The van der Waals surface area contributed by atoms with Crippen molar-refractivity contribution in [1.29, 1.82) is 0 Å². The van der Waals surface area contributed by atoms with Gasteiger partial charge in [-0.25, -0.2) is 4.18 Å². The Kier molecular flexibility index (Phi) is 22.4. The summed E-state index contributed by atoms with van der Waals surface area (Å²) in [6.07, 6.45) is 9.32. The van der Waals surface area contributed by atoms with Crippen LogP contribution in [-0.2, 0) is 18.8 Å². The van der Waals surface area contributed by atoms with Crippen LogP contribution in [0.25, 0.3) is 0 Å². The maximum absolute atomic E-state index is 10.8. The van der Waals surface area contributed by atoms with Crippen LogP contribution >= 0.6 is 12.6 Å². The van der Waals surface area contributed by atoms with Gasteiger partial charge in [-0.3, -0.25) is 9.18 Å². The van der Waals surface area contributed by atoms with E-state index in [9.17, 15) is 8.42 Å². The molecule has 316 valence electrons. The highest BCUT2D eigenvalue weighted by Gasteiger charge is 2.38. The largest absolute Gasteiger partial charge is 0.399 e. The second kappa shape index (κ2) is 23.3. The molecule has 0 spiro atoms. The fourth-order valence-electron chi connectivity index (χ4n) is 7.84. The molecule has 1 N–H and O–H groups in total. The molecule has 0 aromatic rings. The van der Waals surface area contributed by atoms with E-state index in [2.05, 4.69) is 133 Å². The van der Waals surface area contributed by atoms with Crippen LogP contribution in [-0.4, -0.2) is 50.3 Å². The number of rotatable bonds is 3. The minimum Gasteiger partial charge on any atom is -0.393 e. The molecule has 0 saturated heterocycles. The summed E-state index contributed by atoms with van der Waals surface area (Å²) >= 11 is 4.34. The van der Waals surface area contributed by atoms with Gasteiger partial charge in [-0.15, -0.1) is 0 Å². The van der Waals surface area contributed by atoms with Crippen LogP contribution in [0.5, 0.6) is 0 Å². The van der Waals surface area contributed by atoms with E-state index in [1.165, 1.54) is 25.7 Å². The highest BCUT2D eigenvalue weighted by atomic mass is 32.3. The van der Waals surface area contributed by atoms with Crippen molar-refractivity contribution in [3.63, 3.8) is 0 Å². The smallest absolute Gasteiger partial charge is 0.393 e. The molecule has 1 aliphatic heterocycles. The summed E-state index contributed by atoms with van der Waals surface area (Å²) in [6.45, 7) is 38.3. The number of aliphatic hydroxyl groups excluding tert-OH is 1. The predicted octanol–water partition coefficient (Wildman–Crippen LogP) is 11.9. The second-order valence-corrected chi connectivity index (χ2v) is 21.6. The number of aliphatic imine (C=N–C) groups is 1. The first-order chi connectivity index (χ1) is 24.3. The zero-order valence-corrected chi connectivity index (χ0v) is 39.5. The van der Waals surface area contributed by atoms with E-state index in [0.717, 1.165) is 96.9 Å². The normalized spacial score (nSPS) is 46.6. The van der Waals surface area contributed by atoms with Gasteiger partial charge in [0.25, 0.3) is 0 Å². The summed E-state index contributed by atoms with van der Waals surface area (Å²) in [6, 6.07) is 0.602. The van der Waals surface area contributed by atoms with Gasteiger partial charge in [0.2, 0.25) is 0 Å². The highest BCUT2D eigenvalue weighted by Crippen LogP contribution is 2.41. The van der Waals surface area contributed by atoms with E-state index >= 15 is 0 Å². The Morgan fingerprint density at radius 1 is 0.528 bits per heavy atom. The monoisotopic (exact) mass is 788 g/mol. The Hall–Kier alpha value is -0.150. The third kappa shape index (κ3) is 16.3. The van der Waals surface area contributed by atoms with E-state index in [1.54, 1.807) is 0 Å². The summed E-state index contributed by atoms with van der Waals surface area (Å²) in [4.78, 5) is 4.03. The van der Waals surface area contributed by atoms with Crippen molar-refractivity contribution in [2.45, 2.75) is 180 Å². The van der Waals surface area contributed by atoms with Gasteiger partial charge in [-0.1, -0.05) is 111 Å². The average molecular weight is 788 g/mol. The molecule has 0 aromatic heterocycles. The number of hydrogen-bond donors (Lipinski definition) is 2. The maximum Gasteiger partial charge on any atom is 0.399 e. The molecule has 6 saturated carbocycles. The lowest BCUT2D eigenvalue weighted by atomic mass is 9.68. The molecule has 17 atom stereocenters. The Morgan fingerprint density at radius 3 is 0.943 bits per heavy atom. The Morgan fingerprint density at radius 2 is 0.868 bits per heavy atom.